The van der Waals surface area contributed by atoms with Crippen LogP contribution in [-0.2, 0) is 6.61 Å². The van der Waals surface area contributed by atoms with Crippen LogP contribution in [0.3, 0.4) is 0 Å². The molecule has 0 atom stereocenters. The second-order valence-corrected chi connectivity index (χ2v) is 10.2. The van der Waals surface area contributed by atoms with Gasteiger partial charge in [0.15, 0.2) is 0 Å². The van der Waals surface area contributed by atoms with Crippen molar-refractivity contribution in [1.29, 1.82) is 0 Å². The maximum atomic E-state index is 6.18. The smallest absolute Gasteiger partial charge is 0.137 e. The van der Waals surface area contributed by atoms with Gasteiger partial charge < -0.3 is 14.7 Å². The van der Waals surface area contributed by atoms with Crippen LogP contribution in [0.1, 0.15) is 17.3 Å². The highest BCUT2D eigenvalue weighted by molar-refractivity contribution is 7.18. The van der Waals surface area contributed by atoms with Gasteiger partial charge in [0.2, 0.25) is 0 Å². The summed E-state index contributed by atoms with van der Waals surface area (Å²) in [6.45, 7) is 4.52. The van der Waals surface area contributed by atoms with Gasteiger partial charge in [0.25, 0.3) is 0 Å². The Labute approximate surface area is 204 Å². The molecule has 3 aromatic heterocycles. The number of aromatic nitrogens is 4. The quantitative estimate of drug-likeness (QED) is 0.258. The van der Waals surface area contributed by atoms with Crippen molar-refractivity contribution in [2.24, 2.45) is 0 Å². The molecular formula is C29H20N4OS. The summed E-state index contributed by atoms with van der Waals surface area (Å²) in [6, 6.07) is 19.9. The number of rotatable bonds is 1. The van der Waals surface area contributed by atoms with E-state index in [1.165, 1.54) is 32.0 Å². The first-order valence-electron chi connectivity index (χ1n) is 11.7. The van der Waals surface area contributed by atoms with Gasteiger partial charge in [-0.2, -0.15) is 0 Å². The first kappa shape index (κ1) is 19.2. The molecule has 4 aromatic carbocycles. The van der Waals surface area contributed by atoms with Crippen LogP contribution in [-0.4, -0.2) is 19.9 Å². The molecule has 5 nitrogen and oxygen atoms in total. The van der Waals surface area contributed by atoms with Crippen LogP contribution in [0.15, 0.2) is 60.0 Å². The Bertz CT molecular complexity index is 1990. The highest BCUT2D eigenvalue weighted by atomic mass is 32.1. The van der Waals surface area contributed by atoms with Gasteiger partial charge in [-0.05, 0) is 60.0 Å². The maximum Gasteiger partial charge on any atom is 0.137 e. The van der Waals surface area contributed by atoms with Crippen LogP contribution < -0.4 is 4.74 Å². The van der Waals surface area contributed by atoms with Crippen LogP contribution in [0, 0.1) is 13.8 Å². The first-order valence-corrected chi connectivity index (χ1v) is 12.6. The number of fused-ring (bicyclic) bond motifs is 11. The molecule has 0 radical (unpaired) electrons. The number of benzene rings is 4. The van der Waals surface area contributed by atoms with Crippen molar-refractivity contribution in [3.8, 4) is 28.1 Å². The van der Waals surface area contributed by atoms with E-state index in [1.807, 2.05) is 13.8 Å². The molecule has 2 N–H and O–H groups in total. The molecule has 4 heterocycles. The third-order valence-electron chi connectivity index (χ3n) is 7.09. The van der Waals surface area contributed by atoms with E-state index in [2.05, 4.69) is 69.9 Å². The summed E-state index contributed by atoms with van der Waals surface area (Å²) >= 11 is 1.78. The first-order chi connectivity index (χ1) is 17.1. The van der Waals surface area contributed by atoms with Crippen molar-refractivity contribution < 1.29 is 4.74 Å². The van der Waals surface area contributed by atoms with Gasteiger partial charge >= 0.3 is 0 Å². The zero-order chi connectivity index (χ0) is 23.3. The molecule has 1 aliphatic rings. The van der Waals surface area contributed by atoms with Crippen molar-refractivity contribution in [1.82, 2.24) is 19.9 Å². The molecule has 0 amide bonds. The molecule has 168 valence electrons. The minimum Gasteiger partial charge on any atom is -0.486 e. The van der Waals surface area contributed by atoms with E-state index in [-0.39, 0.29) is 0 Å². The van der Waals surface area contributed by atoms with Gasteiger partial charge in [-0.15, -0.1) is 11.3 Å². The largest absolute Gasteiger partial charge is 0.486 e. The molecule has 0 unspecified atom stereocenters. The van der Waals surface area contributed by atoms with Gasteiger partial charge in [0.1, 0.15) is 24.0 Å². The molecule has 7 aromatic rings. The molecule has 0 saturated heterocycles. The Hall–Kier alpha value is -4.16. The van der Waals surface area contributed by atoms with Crippen LogP contribution >= 0.6 is 11.3 Å². The summed E-state index contributed by atoms with van der Waals surface area (Å²) in [4.78, 5) is 16.2. The molecule has 1 aliphatic heterocycles. The molecule has 0 aliphatic carbocycles. The van der Waals surface area contributed by atoms with E-state index in [0.717, 1.165) is 56.2 Å². The number of H-pyrrole nitrogens is 2. The second kappa shape index (κ2) is 6.71. The van der Waals surface area contributed by atoms with Gasteiger partial charge in [-0.1, -0.05) is 30.3 Å². The van der Waals surface area contributed by atoms with Crippen molar-refractivity contribution in [2.75, 3.05) is 0 Å². The molecule has 8 rings (SSSR count). The Kier molecular flexibility index (Phi) is 3.67. The lowest BCUT2D eigenvalue weighted by Gasteiger charge is -2.19. The van der Waals surface area contributed by atoms with Gasteiger partial charge in [-0.25, -0.2) is 9.97 Å². The monoisotopic (exact) mass is 472 g/mol. The van der Waals surface area contributed by atoms with Crippen molar-refractivity contribution in [3.63, 3.8) is 0 Å². The molecule has 0 bridgehead atoms. The van der Waals surface area contributed by atoms with E-state index in [4.69, 9.17) is 14.7 Å². The standard InChI is InChI=1S/C29H20N4OS/c1-14-30-24-13-34-28-19-6-3-16(11-18(19)5-8-21(28)25(24)31-14)17-4-7-20-23(12-17)29-22(9-10-35-29)27-26(20)32-15(2)33-27/h3-12H,13H2,1-2H3,(H,30,31)(H,32,33). The zero-order valence-corrected chi connectivity index (χ0v) is 20.0. The van der Waals surface area contributed by atoms with Gasteiger partial charge in [0.05, 0.1) is 22.4 Å². The van der Waals surface area contributed by atoms with E-state index >= 15 is 0 Å². The number of nitrogens with zero attached hydrogens (tertiary/aromatic N) is 2. The number of ether oxygens (including phenoxy) is 1. The Morgan fingerprint density at radius 3 is 2.54 bits per heavy atom. The lowest BCUT2D eigenvalue weighted by atomic mass is 9.95. The zero-order valence-electron chi connectivity index (χ0n) is 19.2. The lowest BCUT2D eigenvalue weighted by molar-refractivity contribution is 0.301. The lowest BCUT2D eigenvalue weighted by Crippen LogP contribution is -2.05. The predicted octanol–water partition coefficient (Wildman–Crippen LogP) is 7.65. The fraction of sp³-hybridized carbons (Fsp3) is 0.103. The fourth-order valence-corrected chi connectivity index (χ4v) is 6.48. The number of aryl methyl sites for hydroxylation is 2. The molecular weight excluding hydrogens is 452 g/mol. The summed E-state index contributed by atoms with van der Waals surface area (Å²) in [5.41, 5.74) is 7.68. The molecule has 35 heavy (non-hydrogen) atoms. The molecule has 0 spiro atoms. The van der Waals surface area contributed by atoms with Gasteiger partial charge in [-0.3, -0.25) is 0 Å². The third-order valence-corrected chi connectivity index (χ3v) is 8.04. The second-order valence-electron chi connectivity index (χ2n) is 9.29. The Balaban J connectivity index is 1.32. The number of hydrogen-bond acceptors (Lipinski definition) is 4. The number of nitrogens with one attached hydrogen (secondary N) is 2. The van der Waals surface area contributed by atoms with E-state index in [0.29, 0.717) is 6.61 Å². The summed E-state index contributed by atoms with van der Waals surface area (Å²) in [6.07, 6.45) is 0. The van der Waals surface area contributed by atoms with Crippen LogP contribution in [0.25, 0.3) is 65.0 Å². The minimum atomic E-state index is 0.521. The summed E-state index contributed by atoms with van der Waals surface area (Å²) < 4.78 is 7.47. The average Bonchev–Trinajstić information content (AvgIpc) is 3.60. The van der Waals surface area contributed by atoms with E-state index < -0.39 is 0 Å². The third kappa shape index (κ3) is 2.63. The normalized spacial score (nSPS) is 13.0. The SMILES string of the molecule is Cc1nc2c([nH]1)COc1c-2ccc2cc(-c3ccc4c(c3)c3sccc3c3nc(C)[nH]c43)ccc12. The van der Waals surface area contributed by atoms with Crippen LogP contribution in [0.4, 0.5) is 0 Å². The van der Waals surface area contributed by atoms with Crippen molar-refractivity contribution in [2.45, 2.75) is 20.5 Å². The Morgan fingerprint density at radius 2 is 1.63 bits per heavy atom. The number of thiophene rings is 1. The van der Waals surface area contributed by atoms with Crippen LogP contribution in [0.2, 0.25) is 0 Å². The molecule has 6 heteroatoms. The maximum absolute atomic E-state index is 6.18. The summed E-state index contributed by atoms with van der Waals surface area (Å²) in [5.74, 6) is 2.78. The van der Waals surface area contributed by atoms with E-state index in [1.54, 1.807) is 11.3 Å². The minimum absolute atomic E-state index is 0.521. The van der Waals surface area contributed by atoms with Crippen molar-refractivity contribution >= 4 is 54.0 Å². The summed E-state index contributed by atoms with van der Waals surface area (Å²) in [7, 11) is 0. The molecule has 0 saturated carbocycles. The number of hydrogen-bond donors (Lipinski definition) is 2. The fourth-order valence-electron chi connectivity index (χ4n) is 5.55. The topological polar surface area (TPSA) is 66.6 Å². The molecule has 0 fully saturated rings. The van der Waals surface area contributed by atoms with Gasteiger partial charge in [0, 0.05) is 31.8 Å². The average molecular weight is 473 g/mol. The Morgan fingerprint density at radius 1 is 0.800 bits per heavy atom. The number of aromatic amines is 2. The van der Waals surface area contributed by atoms with E-state index in [9.17, 15) is 0 Å². The van der Waals surface area contributed by atoms with Crippen molar-refractivity contribution in [3.05, 3.63) is 77.3 Å². The van der Waals surface area contributed by atoms with Crippen LogP contribution in [0.5, 0.6) is 5.75 Å². The predicted molar refractivity (Wildman–Crippen MR) is 143 cm³/mol. The highest BCUT2D eigenvalue weighted by Crippen LogP contribution is 2.43. The summed E-state index contributed by atoms with van der Waals surface area (Å²) in [5, 5.41) is 8.14. The number of imidazole rings is 2. The highest BCUT2D eigenvalue weighted by Gasteiger charge is 2.23.